The lowest BCUT2D eigenvalue weighted by atomic mass is 9.96. The summed E-state index contributed by atoms with van der Waals surface area (Å²) in [5.74, 6) is 0.332. The number of carbonyl (C=O) groups excluding carboxylic acids is 1. The van der Waals surface area contributed by atoms with Gasteiger partial charge in [0.05, 0.1) is 12.1 Å². The van der Waals surface area contributed by atoms with E-state index in [4.69, 9.17) is 0 Å². The number of nitrogens with one attached hydrogen (secondary N) is 1. The summed E-state index contributed by atoms with van der Waals surface area (Å²) in [7, 11) is 0. The molecule has 4 nitrogen and oxygen atoms in total. The van der Waals surface area contributed by atoms with Crippen molar-refractivity contribution in [3.8, 4) is 0 Å². The topological polar surface area (TPSA) is 52.6 Å². The molecule has 0 radical (unpaired) electrons. The van der Waals surface area contributed by atoms with Gasteiger partial charge in [-0.3, -0.25) is 0 Å². The molecular weight excluding hydrogens is 264 g/mol. The van der Waals surface area contributed by atoms with Crippen LogP contribution in [0, 0.1) is 0 Å². The van der Waals surface area contributed by atoms with Crippen molar-refractivity contribution in [2.75, 3.05) is 19.7 Å². The summed E-state index contributed by atoms with van der Waals surface area (Å²) < 4.78 is 0. The van der Waals surface area contributed by atoms with E-state index in [-0.39, 0.29) is 12.6 Å². The fourth-order valence-corrected chi connectivity index (χ4v) is 3.06. The third-order valence-electron chi connectivity index (χ3n) is 4.60. The average Bonchev–Trinajstić information content (AvgIpc) is 2.91. The highest BCUT2D eigenvalue weighted by Gasteiger charge is 2.39. The third kappa shape index (κ3) is 3.56. The molecule has 1 aliphatic rings. The van der Waals surface area contributed by atoms with Gasteiger partial charge in [-0.05, 0) is 31.7 Å². The summed E-state index contributed by atoms with van der Waals surface area (Å²) in [6.45, 7) is 5.48. The second-order valence-electron chi connectivity index (χ2n) is 6.11. The molecule has 1 aromatic carbocycles. The Hall–Kier alpha value is -1.55. The molecule has 2 rings (SSSR count). The van der Waals surface area contributed by atoms with Gasteiger partial charge in [0.2, 0.25) is 0 Å². The fourth-order valence-electron chi connectivity index (χ4n) is 3.06. The summed E-state index contributed by atoms with van der Waals surface area (Å²) in [5.41, 5.74) is 0.852. The van der Waals surface area contributed by atoms with Crippen molar-refractivity contribution in [2.24, 2.45) is 0 Å². The van der Waals surface area contributed by atoms with Crippen LogP contribution in [-0.2, 0) is 0 Å². The summed E-state index contributed by atoms with van der Waals surface area (Å²) in [6, 6.07) is 10.2. The van der Waals surface area contributed by atoms with E-state index in [2.05, 4.69) is 24.4 Å². The number of amides is 2. The molecule has 0 bridgehead atoms. The van der Waals surface area contributed by atoms with Crippen LogP contribution in [0.5, 0.6) is 0 Å². The summed E-state index contributed by atoms with van der Waals surface area (Å²) >= 11 is 0. The molecule has 1 heterocycles. The molecule has 1 fully saturated rings. The van der Waals surface area contributed by atoms with Crippen LogP contribution >= 0.6 is 0 Å². The van der Waals surface area contributed by atoms with E-state index < -0.39 is 5.54 Å². The zero-order valence-corrected chi connectivity index (χ0v) is 13.0. The van der Waals surface area contributed by atoms with Gasteiger partial charge in [-0.15, -0.1) is 0 Å². The van der Waals surface area contributed by atoms with E-state index in [1.807, 2.05) is 25.1 Å². The normalized spacial score (nSPS) is 23.1. The Kier molecular flexibility index (Phi) is 5.23. The molecule has 0 aliphatic carbocycles. The first-order chi connectivity index (χ1) is 10.1. The molecule has 1 aromatic rings. The van der Waals surface area contributed by atoms with Crippen molar-refractivity contribution in [1.82, 2.24) is 10.2 Å². The van der Waals surface area contributed by atoms with Gasteiger partial charge in [-0.2, -0.15) is 0 Å². The quantitative estimate of drug-likeness (QED) is 0.876. The maximum Gasteiger partial charge on any atom is 0.317 e. The van der Waals surface area contributed by atoms with Crippen molar-refractivity contribution in [1.29, 1.82) is 0 Å². The zero-order chi connectivity index (χ0) is 15.3. The lowest BCUT2D eigenvalue weighted by Crippen LogP contribution is -2.52. The van der Waals surface area contributed by atoms with Gasteiger partial charge in [0, 0.05) is 19.0 Å². The molecule has 21 heavy (non-hydrogen) atoms. The number of aliphatic hydroxyl groups excluding tert-OH is 1. The van der Waals surface area contributed by atoms with Gasteiger partial charge in [0.15, 0.2) is 0 Å². The largest absolute Gasteiger partial charge is 0.394 e. The lowest BCUT2D eigenvalue weighted by molar-refractivity contribution is 0.0972. The Morgan fingerprint density at radius 2 is 2.14 bits per heavy atom. The van der Waals surface area contributed by atoms with E-state index in [0.29, 0.717) is 12.5 Å². The number of hydrogen-bond acceptors (Lipinski definition) is 2. The van der Waals surface area contributed by atoms with Gasteiger partial charge in [0.1, 0.15) is 0 Å². The Bertz CT molecular complexity index is 463. The van der Waals surface area contributed by atoms with Crippen LogP contribution in [0.4, 0.5) is 4.79 Å². The van der Waals surface area contributed by atoms with Crippen LogP contribution < -0.4 is 5.32 Å². The predicted molar refractivity (Wildman–Crippen MR) is 84.3 cm³/mol. The monoisotopic (exact) mass is 290 g/mol. The number of rotatable bonds is 5. The molecular formula is C17H26N2O2. The summed E-state index contributed by atoms with van der Waals surface area (Å²) in [4.78, 5) is 14.2. The number of benzene rings is 1. The number of carbonyl (C=O) groups is 1. The van der Waals surface area contributed by atoms with Crippen LogP contribution in [0.3, 0.4) is 0 Å². The van der Waals surface area contributed by atoms with Gasteiger partial charge in [-0.25, -0.2) is 4.79 Å². The Balaban J connectivity index is 1.94. The molecule has 0 unspecified atom stereocenters. The SMILES string of the molecule is CC[C@H](CNC(=O)N1CCC[C@@]1(C)CO)c1ccccc1. The highest BCUT2D eigenvalue weighted by molar-refractivity contribution is 5.75. The molecule has 2 atom stereocenters. The first-order valence-electron chi connectivity index (χ1n) is 7.82. The first kappa shape index (κ1) is 15.8. The second kappa shape index (κ2) is 6.94. The number of nitrogens with zero attached hydrogens (tertiary/aromatic N) is 1. The minimum Gasteiger partial charge on any atom is -0.394 e. The molecule has 0 saturated carbocycles. The zero-order valence-electron chi connectivity index (χ0n) is 13.0. The van der Waals surface area contributed by atoms with Crippen LogP contribution in [0.1, 0.15) is 44.6 Å². The maximum atomic E-state index is 12.4. The third-order valence-corrected chi connectivity index (χ3v) is 4.60. The minimum absolute atomic E-state index is 0.0241. The number of hydrogen-bond donors (Lipinski definition) is 2. The van der Waals surface area contributed by atoms with Crippen LogP contribution in [0.2, 0.25) is 0 Å². The average molecular weight is 290 g/mol. The van der Waals surface area contributed by atoms with Crippen molar-refractivity contribution in [3.05, 3.63) is 35.9 Å². The van der Waals surface area contributed by atoms with Crippen molar-refractivity contribution >= 4 is 6.03 Å². The van der Waals surface area contributed by atoms with Gasteiger partial charge in [0.25, 0.3) is 0 Å². The molecule has 0 spiro atoms. The second-order valence-corrected chi connectivity index (χ2v) is 6.11. The molecule has 0 aromatic heterocycles. The number of urea groups is 1. The Morgan fingerprint density at radius 1 is 1.43 bits per heavy atom. The predicted octanol–water partition coefficient (Wildman–Crippen LogP) is 2.74. The van der Waals surface area contributed by atoms with Gasteiger partial charge < -0.3 is 15.3 Å². The van der Waals surface area contributed by atoms with E-state index in [1.165, 1.54) is 5.56 Å². The smallest absolute Gasteiger partial charge is 0.317 e. The Labute approximate surface area is 127 Å². The Morgan fingerprint density at radius 3 is 2.76 bits per heavy atom. The summed E-state index contributed by atoms with van der Waals surface area (Å²) in [6.07, 6.45) is 2.81. The van der Waals surface area contributed by atoms with Crippen LogP contribution in [0.15, 0.2) is 30.3 Å². The highest BCUT2D eigenvalue weighted by Crippen LogP contribution is 2.28. The molecule has 4 heteroatoms. The number of aliphatic hydroxyl groups is 1. The van der Waals surface area contributed by atoms with E-state index in [9.17, 15) is 9.90 Å². The van der Waals surface area contributed by atoms with Crippen LogP contribution in [-0.4, -0.2) is 41.3 Å². The fraction of sp³-hybridized carbons (Fsp3) is 0.588. The first-order valence-corrected chi connectivity index (χ1v) is 7.82. The molecule has 1 saturated heterocycles. The van der Waals surface area contributed by atoms with E-state index >= 15 is 0 Å². The van der Waals surface area contributed by atoms with Crippen LogP contribution in [0.25, 0.3) is 0 Å². The van der Waals surface area contributed by atoms with Gasteiger partial charge >= 0.3 is 6.03 Å². The molecule has 1 aliphatic heterocycles. The van der Waals surface area contributed by atoms with Crippen molar-refractivity contribution < 1.29 is 9.90 Å². The van der Waals surface area contributed by atoms with E-state index in [1.54, 1.807) is 4.90 Å². The minimum atomic E-state index is -0.404. The summed E-state index contributed by atoms with van der Waals surface area (Å²) in [5, 5.41) is 12.6. The molecule has 116 valence electrons. The van der Waals surface area contributed by atoms with Crippen molar-refractivity contribution in [3.63, 3.8) is 0 Å². The molecule has 2 amide bonds. The highest BCUT2D eigenvalue weighted by atomic mass is 16.3. The van der Waals surface area contributed by atoms with Crippen molar-refractivity contribution in [2.45, 2.75) is 44.6 Å². The standard InChI is InChI=1S/C17H26N2O2/c1-3-14(15-8-5-4-6-9-15)12-18-16(21)19-11-7-10-17(19,2)13-20/h4-6,8-9,14,20H,3,7,10-13H2,1-2H3,(H,18,21)/t14-,17+/m1/s1. The van der Waals surface area contributed by atoms with Gasteiger partial charge in [-0.1, -0.05) is 37.3 Å². The lowest BCUT2D eigenvalue weighted by Gasteiger charge is -2.34. The number of likely N-dealkylation sites (tertiary alicyclic amines) is 1. The molecule has 2 N–H and O–H groups in total. The maximum absolute atomic E-state index is 12.4. The van der Waals surface area contributed by atoms with E-state index in [0.717, 1.165) is 25.8 Å².